The lowest BCUT2D eigenvalue weighted by Crippen LogP contribution is -2.47. The predicted molar refractivity (Wildman–Crippen MR) is 189 cm³/mol. The molecule has 1 aromatic carbocycles. The molecular formula is C35H44FN5O2S2. The second kappa shape index (κ2) is 15.9. The van der Waals surface area contributed by atoms with Gasteiger partial charge in [0.2, 0.25) is 0 Å². The van der Waals surface area contributed by atoms with Crippen molar-refractivity contribution in [1.29, 1.82) is 0 Å². The first kappa shape index (κ1) is 33.1. The molecule has 0 atom stereocenters. The van der Waals surface area contributed by atoms with Gasteiger partial charge in [-0.2, -0.15) is 0 Å². The van der Waals surface area contributed by atoms with Gasteiger partial charge < -0.3 is 9.80 Å². The zero-order valence-electron chi connectivity index (χ0n) is 26.5. The number of pyridine rings is 1. The Labute approximate surface area is 275 Å². The van der Waals surface area contributed by atoms with Crippen LogP contribution in [-0.2, 0) is 4.79 Å². The summed E-state index contributed by atoms with van der Waals surface area (Å²) in [7, 11) is 0. The number of fused-ring (bicyclic) bond motifs is 1. The molecule has 0 spiro atoms. The van der Waals surface area contributed by atoms with Crippen LogP contribution in [0, 0.1) is 12.7 Å². The smallest absolute Gasteiger partial charge is 0.267 e. The van der Waals surface area contributed by atoms with Crippen molar-refractivity contribution in [2.24, 2.45) is 0 Å². The van der Waals surface area contributed by atoms with Crippen LogP contribution in [0.2, 0.25) is 0 Å². The Morgan fingerprint density at radius 3 is 2.16 bits per heavy atom. The molecule has 45 heavy (non-hydrogen) atoms. The van der Waals surface area contributed by atoms with Crippen LogP contribution < -0.4 is 15.4 Å². The predicted octanol–water partition coefficient (Wildman–Crippen LogP) is 7.59. The second-order valence-corrected chi connectivity index (χ2v) is 13.7. The summed E-state index contributed by atoms with van der Waals surface area (Å²) in [6, 6.07) is 10.3. The fraction of sp³-hybridized carbons (Fsp3) is 0.486. The van der Waals surface area contributed by atoms with Crippen LogP contribution in [0.3, 0.4) is 0 Å². The number of aryl methyl sites for hydroxylation is 1. The van der Waals surface area contributed by atoms with Gasteiger partial charge in [0.1, 0.15) is 21.6 Å². The highest BCUT2D eigenvalue weighted by molar-refractivity contribution is 8.26. The first-order valence-corrected chi connectivity index (χ1v) is 17.6. The minimum atomic E-state index is -0.257. The fourth-order valence-corrected chi connectivity index (χ4v) is 7.31. The highest BCUT2D eigenvalue weighted by Gasteiger charge is 2.33. The maximum absolute atomic E-state index is 13.9. The van der Waals surface area contributed by atoms with Gasteiger partial charge in [0, 0.05) is 44.6 Å². The van der Waals surface area contributed by atoms with E-state index in [0.717, 1.165) is 24.1 Å². The highest BCUT2D eigenvalue weighted by atomic mass is 32.2. The van der Waals surface area contributed by atoms with Gasteiger partial charge in [0.25, 0.3) is 11.5 Å². The van der Waals surface area contributed by atoms with E-state index < -0.39 is 0 Å². The van der Waals surface area contributed by atoms with E-state index in [1.807, 2.05) is 19.1 Å². The molecule has 4 heterocycles. The monoisotopic (exact) mass is 649 g/mol. The third kappa shape index (κ3) is 8.33. The summed E-state index contributed by atoms with van der Waals surface area (Å²) >= 11 is 6.89. The number of hydrogen-bond donors (Lipinski definition) is 0. The van der Waals surface area contributed by atoms with Crippen LogP contribution in [0.15, 0.2) is 52.3 Å². The summed E-state index contributed by atoms with van der Waals surface area (Å²) in [5, 5.41) is 0. The molecule has 0 bridgehead atoms. The van der Waals surface area contributed by atoms with Crippen LogP contribution in [-0.4, -0.2) is 57.2 Å². The number of thiocarbonyl (C=S) groups is 1. The normalized spacial score (nSPS) is 16.5. The highest BCUT2D eigenvalue weighted by Crippen LogP contribution is 2.34. The second-order valence-electron chi connectivity index (χ2n) is 12.1. The molecule has 2 fully saturated rings. The van der Waals surface area contributed by atoms with Crippen LogP contribution in [0.5, 0.6) is 0 Å². The molecule has 10 heteroatoms. The lowest BCUT2D eigenvalue weighted by atomic mass is 10.1. The van der Waals surface area contributed by atoms with Crippen LogP contribution in [0.4, 0.5) is 15.9 Å². The molecule has 2 saturated heterocycles. The molecule has 0 aliphatic carbocycles. The summed E-state index contributed by atoms with van der Waals surface area (Å²) in [6.45, 7) is 7.44. The minimum Gasteiger partial charge on any atom is -0.368 e. The van der Waals surface area contributed by atoms with Crippen LogP contribution >= 0.6 is 24.0 Å². The molecule has 0 N–H and O–H groups in total. The third-order valence-corrected chi connectivity index (χ3v) is 10.0. The number of halogens is 1. The van der Waals surface area contributed by atoms with Crippen molar-refractivity contribution < 1.29 is 9.18 Å². The lowest BCUT2D eigenvalue weighted by Gasteiger charge is -2.37. The van der Waals surface area contributed by atoms with Gasteiger partial charge in [-0.05, 0) is 55.3 Å². The Morgan fingerprint density at radius 2 is 1.49 bits per heavy atom. The average molecular weight is 650 g/mol. The Bertz CT molecular complexity index is 1580. The molecule has 0 unspecified atom stereocenters. The molecule has 1 amide bonds. The number of benzene rings is 1. The Morgan fingerprint density at radius 1 is 0.867 bits per heavy atom. The number of anilines is 2. The first-order chi connectivity index (χ1) is 21.9. The van der Waals surface area contributed by atoms with Gasteiger partial charge >= 0.3 is 0 Å². The van der Waals surface area contributed by atoms with Crippen molar-refractivity contribution in [3.8, 4) is 0 Å². The van der Waals surface area contributed by atoms with Gasteiger partial charge in [-0.15, -0.1) is 0 Å². The van der Waals surface area contributed by atoms with Gasteiger partial charge in [-0.1, -0.05) is 94.8 Å². The first-order valence-electron chi connectivity index (χ1n) is 16.4. The zero-order chi connectivity index (χ0) is 31.8. The van der Waals surface area contributed by atoms with Crippen molar-refractivity contribution in [3.63, 3.8) is 0 Å². The van der Waals surface area contributed by atoms with E-state index in [4.69, 9.17) is 17.2 Å². The Hall–Kier alpha value is -3.24. The number of nitrogens with zero attached hydrogens (tertiary/aromatic N) is 5. The number of hydrogen-bond acceptors (Lipinski definition) is 7. The standard InChI is InChI=1S/C35H44FN5O2S2/c1-3-4-5-6-7-8-9-10-11-12-19-40-34(43)30(45-35(40)44)24-29-32(37-31-18-13-26(2)25-41(31)33(29)42)39-22-20-38(21-23-39)28-16-14-27(36)15-17-28/h13-18,24-25H,3-12,19-23H2,1-2H3/b30-24+. The van der Waals surface area contributed by atoms with Crippen molar-refractivity contribution in [2.75, 3.05) is 42.5 Å². The van der Waals surface area contributed by atoms with Crippen molar-refractivity contribution in [3.05, 3.63) is 74.8 Å². The lowest BCUT2D eigenvalue weighted by molar-refractivity contribution is -0.122. The number of piperazine rings is 1. The minimum absolute atomic E-state index is 0.137. The van der Waals surface area contributed by atoms with E-state index in [-0.39, 0.29) is 17.3 Å². The molecule has 5 rings (SSSR count). The van der Waals surface area contributed by atoms with Crippen molar-refractivity contribution in [1.82, 2.24) is 14.3 Å². The molecule has 2 aliphatic heterocycles. The van der Waals surface area contributed by atoms with Gasteiger partial charge in [-0.25, -0.2) is 9.37 Å². The topological polar surface area (TPSA) is 61.2 Å². The van der Waals surface area contributed by atoms with Gasteiger partial charge in [0.15, 0.2) is 0 Å². The van der Waals surface area contributed by atoms with E-state index in [1.165, 1.54) is 75.3 Å². The van der Waals surface area contributed by atoms with Crippen LogP contribution in [0.1, 0.15) is 82.3 Å². The van der Waals surface area contributed by atoms with Crippen molar-refractivity contribution >= 4 is 57.4 Å². The Kier molecular flexibility index (Phi) is 11.7. The maximum atomic E-state index is 13.9. The molecule has 2 aromatic heterocycles. The quantitative estimate of drug-likeness (QED) is 0.101. The summed E-state index contributed by atoms with van der Waals surface area (Å²) < 4.78 is 15.6. The summed E-state index contributed by atoms with van der Waals surface area (Å²) in [4.78, 5) is 38.8. The van der Waals surface area contributed by atoms with E-state index in [9.17, 15) is 14.0 Å². The number of aromatic nitrogens is 2. The summed E-state index contributed by atoms with van der Waals surface area (Å²) in [5.74, 6) is 0.177. The average Bonchev–Trinajstić information content (AvgIpc) is 3.31. The molecule has 7 nitrogen and oxygen atoms in total. The molecule has 2 aliphatic rings. The number of unbranched alkanes of at least 4 members (excludes halogenated alkanes) is 9. The zero-order valence-corrected chi connectivity index (χ0v) is 28.1. The fourth-order valence-electron chi connectivity index (χ4n) is 6.02. The number of thioether (sulfide) groups is 1. The summed E-state index contributed by atoms with van der Waals surface area (Å²) in [6.07, 6.45) is 15.8. The molecule has 240 valence electrons. The summed E-state index contributed by atoms with van der Waals surface area (Å²) in [5.41, 5.74) is 2.66. The van der Waals surface area contributed by atoms with E-state index >= 15 is 0 Å². The van der Waals surface area contributed by atoms with E-state index in [2.05, 4.69) is 16.7 Å². The Balaban J connectivity index is 1.28. The SMILES string of the molecule is CCCCCCCCCCCCN1C(=O)/C(=C\c2c(N3CCN(c4ccc(F)cc4)CC3)nc3ccc(C)cn3c2=O)SC1=S. The van der Waals surface area contributed by atoms with E-state index in [0.29, 0.717) is 59.0 Å². The third-order valence-electron chi connectivity index (χ3n) is 8.64. The van der Waals surface area contributed by atoms with E-state index in [1.54, 1.807) is 33.7 Å². The molecule has 3 aromatic rings. The van der Waals surface area contributed by atoms with Crippen molar-refractivity contribution in [2.45, 2.75) is 78.1 Å². The number of rotatable bonds is 14. The van der Waals surface area contributed by atoms with Gasteiger partial charge in [-0.3, -0.25) is 18.9 Å². The maximum Gasteiger partial charge on any atom is 0.267 e. The largest absolute Gasteiger partial charge is 0.368 e. The van der Waals surface area contributed by atoms with Gasteiger partial charge in [0.05, 0.1) is 10.5 Å². The molecular weight excluding hydrogens is 606 g/mol. The van der Waals surface area contributed by atoms with Crippen LogP contribution in [0.25, 0.3) is 11.7 Å². The number of carbonyl (C=O) groups is 1. The number of amides is 1. The number of carbonyl (C=O) groups excluding carboxylic acids is 1. The molecule has 0 saturated carbocycles. The molecule has 0 radical (unpaired) electrons.